The number of aromatic nitrogens is 5. The number of hydrogen-bond donors (Lipinski definition) is 1. The molecule has 0 amide bonds. The first-order valence-electron chi connectivity index (χ1n) is 9.30. The molecule has 1 aromatic carbocycles. The van der Waals surface area contributed by atoms with Crippen LogP contribution in [0.25, 0.3) is 5.52 Å². The van der Waals surface area contributed by atoms with E-state index in [-0.39, 0.29) is 5.41 Å². The molecule has 136 valence electrons. The number of benzene rings is 1. The van der Waals surface area contributed by atoms with Crippen LogP contribution in [0.1, 0.15) is 35.7 Å². The lowest BCUT2D eigenvalue weighted by molar-refractivity contribution is 0.406. The first-order chi connectivity index (χ1) is 13.1. The molecule has 0 spiro atoms. The van der Waals surface area contributed by atoms with E-state index in [2.05, 4.69) is 58.2 Å². The van der Waals surface area contributed by atoms with Crippen molar-refractivity contribution in [1.82, 2.24) is 24.4 Å². The van der Waals surface area contributed by atoms with E-state index in [0.29, 0.717) is 5.82 Å². The van der Waals surface area contributed by atoms with Gasteiger partial charge in [-0.05, 0) is 35.6 Å². The maximum atomic E-state index is 6.16. The van der Waals surface area contributed by atoms with Crippen molar-refractivity contribution >= 4 is 11.3 Å². The zero-order chi connectivity index (χ0) is 18.4. The van der Waals surface area contributed by atoms with Crippen LogP contribution in [0.2, 0.25) is 0 Å². The molecule has 2 N–H and O–H groups in total. The van der Waals surface area contributed by atoms with Crippen molar-refractivity contribution in [3.63, 3.8) is 0 Å². The largest absolute Gasteiger partial charge is 0.382 e. The number of anilines is 1. The molecule has 0 radical (unpaired) electrons. The Bertz CT molecular complexity index is 1110. The van der Waals surface area contributed by atoms with Crippen molar-refractivity contribution in [2.75, 3.05) is 5.73 Å². The molecule has 3 heterocycles. The molecular formula is C21H22N6. The van der Waals surface area contributed by atoms with E-state index in [1.807, 2.05) is 16.8 Å². The Morgan fingerprint density at radius 1 is 1.19 bits per heavy atom. The minimum absolute atomic E-state index is 0.0213. The lowest BCUT2D eigenvalue weighted by Gasteiger charge is -2.32. The summed E-state index contributed by atoms with van der Waals surface area (Å²) in [6, 6.07) is 12.6. The highest BCUT2D eigenvalue weighted by Gasteiger charge is 2.36. The number of nitrogen functional groups attached to an aromatic ring is 1. The molecule has 1 aliphatic rings. The summed E-state index contributed by atoms with van der Waals surface area (Å²) >= 11 is 0. The highest BCUT2D eigenvalue weighted by Crippen LogP contribution is 2.40. The van der Waals surface area contributed by atoms with Gasteiger partial charge in [0.25, 0.3) is 0 Å². The number of aryl methyl sites for hydroxylation is 1. The van der Waals surface area contributed by atoms with Gasteiger partial charge in [0.05, 0.1) is 12.2 Å². The predicted molar refractivity (Wildman–Crippen MR) is 105 cm³/mol. The molecule has 0 aliphatic heterocycles. The fraction of sp³-hybridized carbons (Fsp3) is 0.286. The summed E-state index contributed by atoms with van der Waals surface area (Å²) in [7, 11) is 0. The maximum absolute atomic E-state index is 6.16. The third kappa shape index (κ3) is 2.68. The van der Waals surface area contributed by atoms with Gasteiger partial charge in [0.2, 0.25) is 0 Å². The Morgan fingerprint density at radius 3 is 2.89 bits per heavy atom. The molecule has 0 saturated heterocycles. The number of fused-ring (bicyclic) bond motifs is 2. The lowest BCUT2D eigenvalue weighted by atomic mass is 9.71. The molecule has 0 bridgehead atoms. The molecule has 6 heteroatoms. The van der Waals surface area contributed by atoms with Gasteiger partial charge < -0.3 is 5.73 Å². The Labute approximate surface area is 157 Å². The Hall–Kier alpha value is -3.15. The third-order valence-corrected chi connectivity index (χ3v) is 5.75. The van der Waals surface area contributed by atoms with Gasteiger partial charge in [-0.2, -0.15) is 10.2 Å². The molecule has 4 aromatic rings. The smallest absolute Gasteiger partial charge is 0.151 e. The van der Waals surface area contributed by atoms with Gasteiger partial charge >= 0.3 is 0 Å². The summed E-state index contributed by atoms with van der Waals surface area (Å²) in [5, 5.41) is 9.19. The van der Waals surface area contributed by atoms with E-state index in [9.17, 15) is 0 Å². The van der Waals surface area contributed by atoms with Gasteiger partial charge in [0.1, 0.15) is 11.8 Å². The SMILES string of the molecule is CC1(c2ccn3ncnc(N)c23)CCc2cn(Cc3ccccc3)nc2C1. The monoisotopic (exact) mass is 358 g/mol. The number of hydrogen-bond acceptors (Lipinski definition) is 4. The van der Waals surface area contributed by atoms with Crippen molar-refractivity contribution in [2.45, 2.75) is 38.1 Å². The summed E-state index contributed by atoms with van der Waals surface area (Å²) in [5.74, 6) is 0.534. The highest BCUT2D eigenvalue weighted by molar-refractivity contribution is 5.72. The molecule has 5 rings (SSSR count). The topological polar surface area (TPSA) is 74.0 Å². The average molecular weight is 358 g/mol. The second kappa shape index (κ2) is 5.94. The Balaban J connectivity index is 1.48. The molecular weight excluding hydrogens is 336 g/mol. The molecule has 0 fully saturated rings. The first-order valence-corrected chi connectivity index (χ1v) is 9.30. The van der Waals surface area contributed by atoms with Crippen LogP contribution in [0.5, 0.6) is 0 Å². The van der Waals surface area contributed by atoms with Gasteiger partial charge in [0.15, 0.2) is 5.82 Å². The molecule has 27 heavy (non-hydrogen) atoms. The standard InChI is InChI=1S/C21H22N6/c1-21(17-8-10-27-19(17)20(22)23-14-24-27)9-7-16-13-26(25-18(16)11-21)12-15-5-3-2-4-6-15/h2-6,8,10,13-14H,7,9,11-12H2,1H3,(H2,22,23,24). The molecule has 1 unspecified atom stereocenters. The van der Waals surface area contributed by atoms with Gasteiger partial charge in [-0.15, -0.1) is 0 Å². The normalized spacial score (nSPS) is 19.3. The number of nitrogens with two attached hydrogens (primary N) is 1. The van der Waals surface area contributed by atoms with E-state index in [1.165, 1.54) is 28.7 Å². The zero-order valence-corrected chi connectivity index (χ0v) is 15.3. The second-order valence-electron chi connectivity index (χ2n) is 7.69. The summed E-state index contributed by atoms with van der Waals surface area (Å²) < 4.78 is 3.90. The summed E-state index contributed by atoms with van der Waals surface area (Å²) in [6.07, 6.45) is 8.65. The molecule has 1 aliphatic carbocycles. The van der Waals surface area contributed by atoms with Gasteiger partial charge in [0, 0.05) is 24.2 Å². The third-order valence-electron chi connectivity index (χ3n) is 5.75. The van der Waals surface area contributed by atoms with Crippen molar-refractivity contribution < 1.29 is 0 Å². The minimum atomic E-state index is -0.0213. The summed E-state index contributed by atoms with van der Waals surface area (Å²) in [5.41, 5.74) is 12.1. The van der Waals surface area contributed by atoms with Crippen molar-refractivity contribution in [2.24, 2.45) is 0 Å². The van der Waals surface area contributed by atoms with Crippen LogP contribution in [-0.4, -0.2) is 24.4 Å². The molecule has 3 aromatic heterocycles. The van der Waals surface area contributed by atoms with Crippen LogP contribution < -0.4 is 5.73 Å². The van der Waals surface area contributed by atoms with Crippen LogP contribution in [0.3, 0.4) is 0 Å². The second-order valence-corrected chi connectivity index (χ2v) is 7.69. The lowest BCUT2D eigenvalue weighted by Crippen LogP contribution is -2.30. The van der Waals surface area contributed by atoms with Crippen molar-refractivity contribution in [3.8, 4) is 0 Å². The molecule has 0 saturated carbocycles. The van der Waals surface area contributed by atoms with E-state index >= 15 is 0 Å². The molecule has 6 nitrogen and oxygen atoms in total. The van der Waals surface area contributed by atoms with E-state index in [1.54, 1.807) is 0 Å². The average Bonchev–Trinajstić information content (AvgIpc) is 3.27. The number of nitrogens with zero attached hydrogens (tertiary/aromatic N) is 5. The van der Waals surface area contributed by atoms with Crippen LogP contribution in [-0.2, 0) is 24.8 Å². The van der Waals surface area contributed by atoms with Crippen LogP contribution >= 0.6 is 0 Å². The van der Waals surface area contributed by atoms with E-state index in [4.69, 9.17) is 10.8 Å². The fourth-order valence-corrected chi connectivity index (χ4v) is 4.28. The predicted octanol–water partition coefficient (Wildman–Crippen LogP) is 3.00. The summed E-state index contributed by atoms with van der Waals surface area (Å²) in [6.45, 7) is 3.11. The van der Waals surface area contributed by atoms with E-state index in [0.717, 1.165) is 31.3 Å². The minimum Gasteiger partial charge on any atom is -0.382 e. The van der Waals surface area contributed by atoms with Gasteiger partial charge in [-0.3, -0.25) is 4.68 Å². The van der Waals surface area contributed by atoms with E-state index < -0.39 is 0 Å². The number of rotatable bonds is 3. The quantitative estimate of drug-likeness (QED) is 0.611. The molecule has 1 atom stereocenters. The van der Waals surface area contributed by atoms with Gasteiger partial charge in [-0.25, -0.2) is 9.50 Å². The zero-order valence-electron chi connectivity index (χ0n) is 15.3. The maximum Gasteiger partial charge on any atom is 0.151 e. The highest BCUT2D eigenvalue weighted by atomic mass is 15.3. The van der Waals surface area contributed by atoms with Crippen LogP contribution in [0.4, 0.5) is 5.82 Å². The first kappa shape index (κ1) is 16.1. The fourth-order valence-electron chi connectivity index (χ4n) is 4.28. The summed E-state index contributed by atoms with van der Waals surface area (Å²) in [4.78, 5) is 4.19. The Morgan fingerprint density at radius 2 is 2.04 bits per heavy atom. The van der Waals surface area contributed by atoms with Crippen LogP contribution in [0, 0.1) is 0 Å². The van der Waals surface area contributed by atoms with Crippen molar-refractivity contribution in [1.29, 1.82) is 0 Å². The van der Waals surface area contributed by atoms with Crippen molar-refractivity contribution in [3.05, 3.63) is 77.5 Å². The van der Waals surface area contributed by atoms with Crippen LogP contribution in [0.15, 0.2) is 55.1 Å². The van der Waals surface area contributed by atoms with Gasteiger partial charge in [-0.1, -0.05) is 37.3 Å². The Kier molecular flexibility index (Phi) is 3.53.